The minimum Gasteiger partial charge on any atom is -0.379 e. The van der Waals surface area contributed by atoms with Crippen LogP contribution >= 0.6 is 0 Å². The molecule has 0 bridgehead atoms. The SMILES string of the molecule is CC1=NO[C@@](C)(C(=O)N2CCN(C(=O)CC(C)C)CC2)C1. The molecular formula is C15H25N3O3. The molecule has 6 heteroatoms. The lowest BCUT2D eigenvalue weighted by Crippen LogP contribution is -2.56. The molecule has 2 heterocycles. The van der Waals surface area contributed by atoms with Gasteiger partial charge in [-0.1, -0.05) is 19.0 Å². The van der Waals surface area contributed by atoms with Crippen LogP contribution in [0.15, 0.2) is 5.16 Å². The summed E-state index contributed by atoms with van der Waals surface area (Å²) in [5, 5.41) is 3.89. The van der Waals surface area contributed by atoms with Gasteiger partial charge in [0.2, 0.25) is 11.5 Å². The van der Waals surface area contributed by atoms with E-state index < -0.39 is 5.60 Å². The Balaban J connectivity index is 1.87. The van der Waals surface area contributed by atoms with Crippen LogP contribution in [0.2, 0.25) is 0 Å². The van der Waals surface area contributed by atoms with E-state index in [2.05, 4.69) is 5.16 Å². The third-order valence-corrected chi connectivity index (χ3v) is 3.95. The molecule has 0 aliphatic carbocycles. The number of piperazine rings is 1. The standard InChI is InChI=1S/C15H25N3O3/c1-11(2)9-13(19)17-5-7-18(8-6-17)14(20)15(4)10-12(3)16-21-15/h11H,5-10H2,1-4H3/t15-/m1/s1. The number of amides is 2. The van der Waals surface area contributed by atoms with Crippen molar-refractivity contribution in [3.63, 3.8) is 0 Å². The average molecular weight is 295 g/mol. The number of nitrogens with zero attached hydrogens (tertiary/aromatic N) is 3. The number of rotatable bonds is 3. The molecule has 0 N–H and O–H groups in total. The third kappa shape index (κ3) is 3.54. The molecule has 0 aromatic rings. The van der Waals surface area contributed by atoms with Crippen molar-refractivity contribution in [3.05, 3.63) is 0 Å². The molecule has 0 aromatic carbocycles. The summed E-state index contributed by atoms with van der Waals surface area (Å²) in [7, 11) is 0. The number of oxime groups is 1. The molecule has 0 spiro atoms. The molecule has 2 aliphatic heterocycles. The van der Waals surface area contributed by atoms with Gasteiger partial charge in [0.1, 0.15) is 0 Å². The summed E-state index contributed by atoms with van der Waals surface area (Å²) < 4.78 is 0. The van der Waals surface area contributed by atoms with Crippen LogP contribution in [0.3, 0.4) is 0 Å². The summed E-state index contributed by atoms with van der Waals surface area (Å²) in [4.78, 5) is 33.5. The molecule has 2 rings (SSSR count). The minimum atomic E-state index is -0.867. The van der Waals surface area contributed by atoms with E-state index in [4.69, 9.17) is 4.84 Å². The number of carbonyl (C=O) groups excluding carboxylic acids is 2. The Labute approximate surface area is 126 Å². The van der Waals surface area contributed by atoms with E-state index in [0.717, 1.165) is 5.71 Å². The van der Waals surface area contributed by atoms with E-state index >= 15 is 0 Å². The van der Waals surface area contributed by atoms with Crippen molar-refractivity contribution in [2.45, 2.75) is 46.1 Å². The molecule has 2 aliphatic rings. The highest BCUT2D eigenvalue weighted by Crippen LogP contribution is 2.26. The molecule has 6 nitrogen and oxygen atoms in total. The summed E-state index contributed by atoms with van der Waals surface area (Å²) >= 11 is 0. The Kier molecular flexibility index (Phi) is 4.54. The lowest BCUT2D eigenvalue weighted by atomic mass is 9.98. The van der Waals surface area contributed by atoms with Crippen molar-refractivity contribution in [2.75, 3.05) is 26.2 Å². The quantitative estimate of drug-likeness (QED) is 0.787. The summed E-state index contributed by atoms with van der Waals surface area (Å²) in [6, 6.07) is 0. The summed E-state index contributed by atoms with van der Waals surface area (Å²) in [6.45, 7) is 10.1. The van der Waals surface area contributed by atoms with Crippen LogP contribution in [-0.4, -0.2) is 59.1 Å². The maximum Gasteiger partial charge on any atom is 0.269 e. The van der Waals surface area contributed by atoms with Crippen LogP contribution in [0.25, 0.3) is 0 Å². The maximum atomic E-state index is 12.5. The zero-order valence-corrected chi connectivity index (χ0v) is 13.4. The predicted octanol–water partition coefficient (Wildman–Crippen LogP) is 1.26. The molecule has 0 unspecified atom stereocenters. The topological polar surface area (TPSA) is 62.2 Å². The van der Waals surface area contributed by atoms with E-state index in [-0.39, 0.29) is 11.8 Å². The van der Waals surface area contributed by atoms with Crippen molar-refractivity contribution >= 4 is 17.5 Å². The average Bonchev–Trinajstić information content (AvgIpc) is 2.78. The Bertz CT molecular complexity index is 453. The molecule has 0 radical (unpaired) electrons. The van der Waals surface area contributed by atoms with E-state index in [9.17, 15) is 9.59 Å². The van der Waals surface area contributed by atoms with Crippen LogP contribution in [-0.2, 0) is 14.4 Å². The minimum absolute atomic E-state index is 0.0286. The Morgan fingerprint density at radius 1 is 1.24 bits per heavy atom. The van der Waals surface area contributed by atoms with Gasteiger partial charge in [0.15, 0.2) is 0 Å². The number of hydrogen-bond acceptors (Lipinski definition) is 4. The zero-order valence-electron chi connectivity index (χ0n) is 13.4. The Hall–Kier alpha value is -1.59. The Morgan fingerprint density at radius 2 is 1.81 bits per heavy atom. The van der Waals surface area contributed by atoms with Gasteiger partial charge in [0.25, 0.3) is 5.91 Å². The van der Waals surface area contributed by atoms with Gasteiger partial charge in [0.05, 0.1) is 5.71 Å². The lowest BCUT2D eigenvalue weighted by molar-refractivity contribution is -0.156. The number of carbonyl (C=O) groups is 2. The van der Waals surface area contributed by atoms with Gasteiger partial charge in [0, 0.05) is 39.0 Å². The molecular weight excluding hydrogens is 270 g/mol. The highest BCUT2D eigenvalue weighted by molar-refractivity contribution is 5.94. The highest BCUT2D eigenvalue weighted by Gasteiger charge is 2.44. The summed E-state index contributed by atoms with van der Waals surface area (Å²) in [6.07, 6.45) is 1.11. The third-order valence-electron chi connectivity index (χ3n) is 3.95. The van der Waals surface area contributed by atoms with E-state index in [1.54, 1.807) is 11.8 Å². The lowest BCUT2D eigenvalue weighted by Gasteiger charge is -2.37. The van der Waals surface area contributed by atoms with Crippen LogP contribution in [0.5, 0.6) is 0 Å². The van der Waals surface area contributed by atoms with Crippen molar-refractivity contribution in [1.82, 2.24) is 9.80 Å². The Morgan fingerprint density at radius 3 is 2.29 bits per heavy atom. The van der Waals surface area contributed by atoms with Gasteiger partial charge in [-0.05, 0) is 19.8 Å². The van der Waals surface area contributed by atoms with Gasteiger partial charge in [-0.25, -0.2) is 0 Å². The smallest absolute Gasteiger partial charge is 0.269 e. The van der Waals surface area contributed by atoms with E-state index in [1.165, 1.54) is 0 Å². The van der Waals surface area contributed by atoms with Crippen LogP contribution in [0.1, 0.15) is 40.5 Å². The van der Waals surface area contributed by atoms with Crippen LogP contribution < -0.4 is 0 Å². The van der Waals surface area contributed by atoms with Crippen LogP contribution in [0.4, 0.5) is 0 Å². The fraction of sp³-hybridized carbons (Fsp3) is 0.800. The van der Waals surface area contributed by atoms with Gasteiger partial charge >= 0.3 is 0 Å². The van der Waals surface area contributed by atoms with Crippen LogP contribution in [0, 0.1) is 5.92 Å². The molecule has 118 valence electrons. The van der Waals surface area contributed by atoms with Gasteiger partial charge in [-0.15, -0.1) is 0 Å². The number of hydrogen-bond donors (Lipinski definition) is 0. The molecule has 0 saturated carbocycles. The maximum absolute atomic E-state index is 12.5. The van der Waals surface area contributed by atoms with Gasteiger partial charge in [-0.2, -0.15) is 0 Å². The molecule has 21 heavy (non-hydrogen) atoms. The van der Waals surface area contributed by atoms with E-state index in [1.807, 2.05) is 25.7 Å². The second-order valence-corrected chi connectivity index (χ2v) is 6.60. The first kappa shape index (κ1) is 15.8. The molecule has 2 amide bonds. The molecule has 1 fully saturated rings. The van der Waals surface area contributed by atoms with Gasteiger partial charge < -0.3 is 14.6 Å². The predicted molar refractivity (Wildman–Crippen MR) is 79.8 cm³/mol. The van der Waals surface area contributed by atoms with E-state index in [0.29, 0.717) is 44.9 Å². The van der Waals surface area contributed by atoms with Crippen molar-refractivity contribution in [2.24, 2.45) is 11.1 Å². The monoisotopic (exact) mass is 295 g/mol. The first-order valence-corrected chi connectivity index (χ1v) is 7.60. The molecule has 1 saturated heterocycles. The first-order valence-electron chi connectivity index (χ1n) is 7.60. The summed E-state index contributed by atoms with van der Waals surface area (Å²) in [5.74, 6) is 0.516. The normalized spacial score (nSPS) is 25.9. The largest absolute Gasteiger partial charge is 0.379 e. The van der Waals surface area contributed by atoms with Crippen molar-refractivity contribution in [3.8, 4) is 0 Å². The van der Waals surface area contributed by atoms with Crippen molar-refractivity contribution in [1.29, 1.82) is 0 Å². The second kappa shape index (κ2) is 6.03. The van der Waals surface area contributed by atoms with Crippen molar-refractivity contribution < 1.29 is 14.4 Å². The molecule has 0 aromatic heterocycles. The highest BCUT2D eigenvalue weighted by atomic mass is 16.7. The molecule has 1 atom stereocenters. The zero-order chi connectivity index (χ0) is 15.6. The fourth-order valence-electron chi connectivity index (χ4n) is 2.82. The fourth-order valence-corrected chi connectivity index (χ4v) is 2.82. The summed E-state index contributed by atoms with van der Waals surface area (Å²) in [5.41, 5.74) is -0.0228. The first-order chi connectivity index (χ1) is 9.82. The second-order valence-electron chi connectivity index (χ2n) is 6.60. The van der Waals surface area contributed by atoms with Gasteiger partial charge in [-0.3, -0.25) is 9.59 Å².